The number of nitrogens with zero attached hydrogens (tertiary/aromatic N) is 1. The highest BCUT2D eigenvalue weighted by Crippen LogP contribution is 2.22. The van der Waals surface area contributed by atoms with Gasteiger partial charge in [0.05, 0.1) is 0 Å². The summed E-state index contributed by atoms with van der Waals surface area (Å²) < 4.78 is 12.0. The average Bonchev–Trinajstić information content (AvgIpc) is 3.19. The first-order valence-corrected chi connectivity index (χ1v) is 26.6. The van der Waals surface area contributed by atoms with Gasteiger partial charge in [0.1, 0.15) is 12.2 Å². The fraction of sp³-hybridized carbons (Fsp3) is 0.958. The van der Waals surface area contributed by atoms with Gasteiger partial charge in [0.25, 0.3) is 0 Å². The van der Waals surface area contributed by atoms with Gasteiger partial charge in [0, 0.05) is 37.0 Å². The molecule has 1 N–H and O–H groups in total. The molecule has 0 aromatic heterocycles. The Morgan fingerprint density at radius 2 is 0.857 bits per heavy atom. The van der Waals surface area contributed by atoms with Crippen molar-refractivity contribution in [1.82, 2.24) is 4.90 Å². The van der Waals surface area contributed by atoms with Crippen LogP contribution in [-0.2, 0) is 19.1 Å². The van der Waals surface area contributed by atoms with E-state index in [1.807, 2.05) is 23.5 Å². The molecule has 0 aromatic rings. The van der Waals surface area contributed by atoms with Gasteiger partial charge < -0.3 is 19.5 Å². The molecule has 0 amide bonds. The molecule has 0 rings (SSSR count). The van der Waals surface area contributed by atoms with Crippen molar-refractivity contribution in [3.05, 3.63) is 0 Å². The second kappa shape index (κ2) is 44.1. The lowest BCUT2D eigenvalue weighted by Crippen LogP contribution is -2.32. The maximum Gasteiger partial charge on any atom is 0.306 e. The fourth-order valence-electron chi connectivity index (χ4n) is 7.38. The Hall–Kier alpha value is -0.440. The summed E-state index contributed by atoms with van der Waals surface area (Å²) in [4.78, 5) is 27.7. The summed E-state index contributed by atoms with van der Waals surface area (Å²) in [6.45, 7) is 10.3. The molecule has 0 saturated carbocycles. The van der Waals surface area contributed by atoms with E-state index in [1.54, 1.807) is 0 Å². The molecular formula is C48H95NO5S2. The summed E-state index contributed by atoms with van der Waals surface area (Å²) in [5.74, 6) is 4.19. The predicted octanol–water partition coefficient (Wildman–Crippen LogP) is 14.1. The second-order valence-corrected chi connectivity index (χ2v) is 19.0. The van der Waals surface area contributed by atoms with Crippen molar-refractivity contribution in [1.29, 1.82) is 0 Å². The number of rotatable bonds is 45. The molecule has 334 valence electrons. The number of carbonyl (C=O) groups is 2. The van der Waals surface area contributed by atoms with Crippen LogP contribution in [-0.4, -0.2) is 83.4 Å². The number of esters is 2. The van der Waals surface area contributed by atoms with Crippen LogP contribution in [0.15, 0.2) is 0 Å². The minimum absolute atomic E-state index is 0.0127. The maximum absolute atomic E-state index is 12.6. The van der Waals surface area contributed by atoms with Gasteiger partial charge in [0.2, 0.25) is 0 Å². The van der Waals surface area contributed by atoms with Crippen molar-refractivity contribution < 1.29 is 24.2 Å². The number of aliphatic hydroxyl groups excluding tert-OH is 1. The Labute approximate surface area is 357 Å². The van der Waals surface area contributed by atoms with Gasteiger partial charge in [-0.1, -0.05) is 143 Å². The van der Waals surface area contributed by atoms with E-state index in [9.17, 15) is 14.7 Å². The van der Waals surface area contributed by atoms with E-state index in [-0.39, 0.29) is 30.8 Å². The number of aliphatic hydroxyl groups is 1. The molecule has 2 atom stereocenters. The van der Waals surface area contributed by atoms with Crippen molar-refractivity contribution in [2.75, 3.05) is 43.2 Å². The molecule has 6 nitrogen and oxygen atoms in total. The molecule has 8 heteroatoms. The van der Waals surface area contributed by atoms with Gasteiger partial charge in [-0.25, -0.2) is 0 Å². The second-order valence-electron chi connectivity index (χ2n) is 16.7. The molecule has 0 fully saturated rings. The Morgan fingerprint density at radius 1 is 0.482 bits per heavy atom. The largest absolute Gasteiger partial charge is 0.461 e. The number of hydrogen-bond donors (Lipinski definition) is 1. The smallest absolute Gasteiger partial charge is 0.306 e. The van der Waals surface area contributed by atoms with E-state index in [0.29, 0.717) is 18.9 Å². The first-order valence-electron chi connectivity index (χ1n) is 24.3. The highest BCUT2D eigenvalue weighted by atomic mass is 32.2. The number of hydrogen-bond acceptors (Lipinski definition) is 8. The summed E-state index contributed by atoms with van der Waals surface area (Å²) in [5.41, 5.74) is 0. The van der Waals surface area contributed by atoms with Gasteiger partial charge in [-0.05, 0) is 102 Å². The van der Waals surface area contributed by atoms with Crippen LogP contribution in [0.1, 0.15) is 233 Å². The van der Waals surface area contributed by atoms with E-state index in [4.69, 9.17) is 9.47 Å². The third kappa shape index (κ3) is 37.8. The normalized spacial score (nSPS) is 13.3. The minimum atomic E-state index is 0.0127. The summed E-state index contributed by atoms with van der Waals surface area (Å²) in [6.07, 6.45) is 36.6. The number of ether oxygens (including phenoxy) is 2. The quantitative estimate of drug-likeness (QED) is 0.0480. The maximum atomic E-state index is 12.6. The minimum Gasteiger partial charge on any atom is -0.461 e. The molecule has 0 spiro atoms. The van der Waals surface area contributed by atoms with E-state index in [2.05, 4.69) is 39.6 Å². The van der Waals surface area contributed by atoms with Crippen LogP contribution in [0.2, 0.25) is 0 Å². The molecule has 0 aliphatic rings. The zero-order valence-electron chi connectivity index (χ0n) is 37.9. The van der Waals surface area contributed by atoms with Crippen molar-refractivity contribution in [2.24, 2.45) is 0 Å². The Kier molecular flexibility index (Phi) is 43.8. The number of carbonyl (C=O) groups excluding carboxylic acids is 2. The van der Waals surface area contributed by atoms with Crippen LogP contribution >= 0.6 is 23.5 Å². The molecule has 0 bridgehead atoms. The lowest BCUT2D eigenvalue weighted by atomic mass is 10.0. The van der Waals surface area contributed by atoms with E-state index < -0.39 is 0 Å². The molecule has 0 radical (unpaired) electrons. The molecule has 0 saturated heterocycles. The SMILES string of the molecule is CCCCCCCC(=O)OC(CCCCCC)CSCCCCCC(CCCCCSCC(CCCCCC)OC(=O)CCCCCCC)N(C)CCCCO. The third-order valence-corrected chi connectivity index (χ3v) is 13.5. The highest BCUT2D eigenvalue weighted by Gasteiger charge is 2.17. The van der Waals surface area contributed by atoms with Gasteiger partial charge in [0.15, 0.2) is 0 Å². The van der Waals surface area contributed by atoms with Crippen LogP contribution in [0.4, 0.5) is 0 Å². The van der Waals surface area contributed by atoms with Crippen LogP contribution in [0.25, 0.3) is 0 Å². The fourth-order valence-corrected chi connectivity index (χ4v) is 9.52. The van der Waals surface area contributed by atoms with E-state index in [1.165, 1.54) is 128 Å². The zero-order valence-corrected chi connectivity index (χ0v) is 39.6. The molecule has 0 aliphatic carbocycles. The van der Waals surface area contributed by atoms with Crippen molar-refractivity contribution >= 4 is 35.5 Å². The van der Waals surface area contributed by atoms with Gasteiger partial charge >= 0.3 is 11.9 Å². The molecule has 2 unspecified atom stereocenters. The molecular weight excluding hydrogens is 735 g/mol. The third-order valence-electron chi connectivity index (χ3n) is 11.1. The Morgan fingerprint density at radius 3 is 1.27 bits per heavy atom. The first-order chi connectivity index (χ1) is 27.4. The van der Waals surface area contributed by atoms with Gasteiger partial charge in [-0.3, -0.25) is 9.59 Å². The first kappa shape index (κ1) is 55.6. The van der Waals surface area contributed by atoms with Crippen molar-refractivity contribution in [3.63, 3.8) is 0 Å². The van der Waals surface area contributed by atoms with E-state index in [0.717, 1.165) is 93.8 Å². The topological polar surface area (TPSA) is 76.1 Å². The summed E-state index contributed by atoms with van der Waals surface area (Å²) in [6, 6.07) is 0.608. The van der Waals surface area contributed by atoms with Crippen molar-refractivity contribution in [2.45, 2.75) is 251 Å². The summed E-state index contributed by atoms with van der Waals surface area (Å²) in [7, 11) is 2.29. The molecule has 0 aromatic carbocycles. The molecule has 0 aliphatic heterocycles. The average molecular weight is 830 g/mol. The molecule has 0 heterocycles. The van der Waals surface area contributed by atoms with Crippen LogP contribution in [0.5, 0.6) is 0 Å². The van der Waals surface area contributed by atoms with Crippen LogP contribution in [0.3, 0.4) is 0 Å². The van der Waals surface area contributed by atoms with Crippen molar-refractivity contribution in [3.8, 4) is 0 Å². The predicted molar refractivity (Wildman–Crippen MR) is 248 cm³/mol. The lowest BCUT2D eigenvalue weighted by Gasteiger charge is -2.28. The van der Waals surface area contributed by atoms with Crippen LogP contribution in [0, 0.1) is 0 Å². The number of unbranched alkanes of at least 4 members (excludes halogenated alkanes) is 19. The van der Waals surface area contributed by atoms with Gasteiger partial charge in [-0.2, -0.15) is 23.5 Å². The van der Waals surface area contributed by atoms with Gasteiger partial charge in [-0.15, -0.1) is 0 Å². The standard InChI is InChI=1S/C48H95NO5S2/c1-6-10-14-18-26-36-47(51)53-45(34-24-16-12-8-3)42-55-40-30-20-22-32-44(49(5)38-28-29-39-50)33-23-21-31-41-56-43-46(35-25-17-13-9-4)54-48(52)37-27-19-15-11-7-2/h44-46,50H,6-43H2,1-5H3. The zero-order chi connectivity index (χ0) is 41.2. The monoisotopic (exact) mass is 830 g/mol. The van der Waals surface area contributed by atoms with E-state index >= 15 is 0 Å². The highest BCUT2D eigenvalue weighted by molar-refractivity contribution is 7.99. The van der Waals surface area contributed by atoms with Crippen LogP contribution < -0.4 is 0 Å². The Balaban J connectivity index is 4.60. The lowest BCUT2D eigenvalue weighted by molar-refractivity contribution is -0.149. The number of thioether (sulfide) groups is 2. The molecule has 56 heavy (non-hydrogen) atoms. The summed E-state index contributed by atoms with van der Waals surface area (Å²) in [5, 5.41) is 9.34. The Bertz CT molecular complexity index is 775. The summed E-state index contributed by atoms with van der Waals surface area (Å²) >= 11 is 3.96.